The third-order valence-corrected chi connectivity index (χ3v) is 5.59. The summed E-state index contributed by atoms with van der Waals surface area (Å²) in [7, 11) is 1.72. The van der Waals surface area contributed by atoms with Crippen molar-refractivity contribution in [3.63, 3.8) is 0 Å². The number of benzene rings is 1. The van der Waals surface area contributed by atoms with Crippen LogP contribution in [-0.4, -0.2) is 42.1 Å². The Morgan fingerprint density at radius 1 is 1.19 bits per heavy atom. The zero-order valence-corrected chi connectivity index (χ0v) is 15.0. The van der Waals surface area contributed by atoms with Gasteiger partial charge < -0.3 is 19.7 Å². The van der Waals surface area contributed by atoms with Gasteiger partial charge in [-0.3, -0.25) is 9.59 Å². The lowest BCUT2D eigenvalue weighted by molar-refractivity contribution is -0.126. The lowest BCUT2D eigenvalue weighted by atomic mass is 10.0. The Hall–Kier alpha value is -2.34. The van der Waals surface area contributed by atoms with Crippen LogP contribution in [0.5, 0.6) is 5.75 Å². The quantitative estimate of drug-likeness (QED) is 0.899. The van der Waals surface area contributed by atoms with Gasteiger partial charge in [0.25, 0.3) is 5.91 Å². The van der Waals surface area contributed by atoms with E-state index in [0.29, 0.717) is 24.9 Å². The van der Waals surface area contributed by atoms with Gasteiger partial charge in [0, 0.05) is 24.9 Å². The van der Waals surface area contributed by atoms with Crippen LogP contribution in [-0.2, 0) is 16.1 Å². The highest BCUT2D eigenvalue weighted by molar-refractivity contribution is 6.01. The molecule has 4 rings (SSSR count). The molecular weight excluding hydrogens is 332 g/mol. The van der Waals surface area contributed by atoms with Crippen molar-refractivity contribution in [1.29, 1.82) is 0 Å². The molecule has 2 aliphatic heterocycles. The summed E-state index contributed by atoms with van der Waals surface area (Å²) in [4.78, 5) is 26.6. The van der Waals surface area contributed by atoms with Gasteiger partial charge in [0.1, 0.15) is 17.9 Å². The van der Waals surface area contributed by atoms with E-state index in [1.54, 1.807) is 12.0 Å². The lowest BCUT2D eigenvalue weighted by Crippen LogP contribution is -2.49. The minimum atomic E-state index is -0.433. The number of hydrogen-bond donors (Lipinski definition) is 1. The molecule has 1 saturated heterocycles. The van der Waals surface area contributed by atoms with E-state index in [-0.39, 0.29) is 24.0 Å². The number of methoxy groups -OCH3 is 1. The van der Waals surface area contributed by atoms with Crippen LogP contribution < -0.4 is 10.1 Å². The van der Waals surface area contributed by atoms with Crippen molar-refractivity contribution in [1.82, 2.24) is 10.2 Å². The molecule has 1 aromatic carbocycles. The van der Waals surface area contributed by atoms with Gasteiger partial charge in [-0.1, -0.05) is 6.58 Å². The third kappa shape index (κ3) is 2.98. The molecule has 138 valence electrons. The second kappa shape index (κ2) is 6.76. The molecule has 6 nitrogen and oxygen atoms in total. The summed E-state index contributed by atoms with van der Waals surface area (Å²) >= 11 is 0. The van der Waals surface area contributed by atoms with Crippen LogP contribution in [0.1, 0.15) is 48.0 Å². The summed E-state index contributed by atoms with van der Waals surface area (Å²) in [5.74, 6) is 0.524. The number of hydrogen-bond acceptors (Lipinski definition) is 4. The Labute approximate surface area is 153 Å². The van der Waals surface area contributed by atoms with Crippen molar-refractivity contribution in [2.75, 3.05) is 7.11 Å². The zero-order chi connectivity index (χ0) is 18.3. The van der Waals surface area contributed by atoms with E-state index in [1.165, 1.54) is 0 Å². The van der Waals surface area contributed by atoms with Gasteiger partial charge in [-0.2, -0.15) is 0 Å². The maximum atomic E-state index is 12.7. The fourth-order valence-electron chi connectivity index (χ4n) is 4.18. The summed E-state index contributed by atoms with van der Waals surface area (Å²) in [6, 6.07) is 5.15. The van der Waals surface area contributed by atoms with E-state index >= 15 is 0 Å². The van der Waals surface area contributed by atoms with E-state index in [1.807, 2.05) is 18.2 Å². The first-order valence-corrected chi connectivity index (χ1v) is 9.19. The average Bonchev–Trinajstić information content (AvgIpc) is 3.19. The molecule has 2 amide bonds. The first kappa shape index (κ1) is 17.1. The van der Waals surface area contributed by atoms with E-state index in [9.17, 15) is 9.59 Å². The molecule has 1 N–H and O–H groups in total. The fourth-order valence-corrected chi connectivity index (χ4v) is 4.18. The number of fused-ring (bicyclic) bond motifs is 1. The van der Waals surface area contributed by atoms with Gasteiger partial charge >= 0.3 is 0 Å². The smallest absolute Gasteiger partial charge is 0.255 e. The molecule has 1 unspecified atom stereocenters. The van der Waals surface area contributed by atoms with Crippen molar-refractivity contribution in [3.8, 4) is 5.75 Å². The van der Waals surface area contributed by atoms with Crippen molar-refractivity contribution < 1.29 is 19.1 Å². The highest BCUT2D eigenvalue weighted by Gasteiger charge is 2.38. The number of rotatable bonds is 4. The monoisotopic (exact) mass is 356 g/mol. The third-order valence-electron chi connectivity index (χ3n) is 5.59. The van der Waals surface area contributed by atoms with Gasteiger partial charge in [-0.25, -0.2) is 0 Å². The molecule has 26 heavy (non-hydrogen) atoms. The largest absolute Gasteiger partial charge is 0.488 e. The number of allylic oxidation sites excluding steroid dienone is 1. The Morgan fingerprint density at radius 2 is 2.00 bits per heavy atom. The first-order chi connectivity index (χ1) is 12.6. The predicted octanol–water partition coefficient (Wildman–Crippen LogP) is 2.38. The Morgan fingerprint density at radius 3 is 2.77 bits per heavy atom. The Kier molecular flexibility index (Phi) is 4.44. The Bertz CT molecular complexity index is 760. The zero-order valence-electron chi connectivity index (χ0n) is 15.0. The SMILES string of the molecule is C=C1CCC(N2Cc3cc(O[C@H]4CCC[C@@H]4OC)ccc3C2=O)C(=O)N1. The van der Waals surface area contributed by atoms with Crippen LogP contribution >= 0.6 is 0 Å². The van der Waals surface area contributed by atoms with Crippen LogP contribution in [0.2, 0.25) is 0 Å². The predicted molar refractivity (Wildman–Crippen MR) is 95.7 cm³/mol. The van der Waals surface area contributed by atoms with Crippen LogP contribution in [0.4, 0.5) is 0 Å². The first-order valence-electron chi connectivity index (χ1n) is 9.19. The molecule has 1 saturated carbocycles. The highest BCUT2D eigenvalue weighted by atomic mass is 16.5. The van der Waals surface area contributed by atoms with Crippen molar-refractivity contribution >= 4 is 11.8 Å². The normalized spacial score (nSPS) is 28.3. The van der Waals surface area contributed by atoms with E-state index < -0.39 is 6.04 Å². The second-order valence-corrected chi connectivity index (χ2v) is 7.26. The molecule has 2 fully saturated rings. The molecule has 1 aromatic rings. The van der Waals surface area contributed by atoms with Gasteiger partial charge in [0.15, 0.2) is 0 Å². The summed E-state index contributed by atoms with van der Waals surface area (Å²) in [5.41, 5.74) is 2.29. The average molecular weight is 356 g/mol. The van der Waals surface area contributed by atoms with Crippen molar-refractivity contribution in [3.05, 3.63) is 41.6 Å². The molecule has 0 aromatic heterocycles. The fraction of sp³-hybridized carbons (Fsp3) is 0.500. The molecule has 1 aliphatic carbocycles. The van der Waals surface area contributed by atoms with E-state index in [4.69, 9.17) is 9.47 Å². The maximum Gasteiger partial charge on any atom is 0.255 e. The molecule has 3 aliphatic rings. The van der Waals surface area contributed by atoms with Crippen LogP contribution in [0.25, 0.3) is 0 Å². The molecule has 0 spiro atoms. The summed E-state index contributed by atoms with van der Waals surface area (Å²) in [6.45, 7) is 4.23. The van der Waals surface area contributed by atoms with Gasteiger partial charge in [0.05, 0.1) is 6.10 Å². The molecule has 0 radical (unpaired) electrons. The minimum Gasteiger partial charge on any atom is -0.488 e. The summed E-state index contributed by atoms with van der Waals surface area (Å²) < 4.78 is 11.6. The number of ether oxygens (including phenoxy) is 2. The molecule has 0 bridgehead atoms. The molecule has 6 heteroatoms. The van der Waals surface area contributed by atoms with Crippen LogP contribution in [0, 0.1) is 0 Å². The number of nitrogens with one attached hydrogen (secondary N) is 1. The van der Waals surface area contributed by atoms with Gasteiger partial charge in [-0.15, -0.1) is 0 Å². The molecule has 2 heterocycles. The number of carbonyl (C=O) groups excluding carboxylic acids is 2. The van der Waals surface area contributed by atoms with Gasteiger partial charge in [0.2, 0.25) is 5.91 Å². The van der Waals surface area contributed by atoms with Crippen LogP contribution in [0.3, 0.4) is 0 Å². The Balaban J connectivity index is 1.50. The topological polar surface area (TPSA) is 67.9 Å². The molecular formula is C20H24N2O4. The van der Waals surface area contributed by atoms with E-state index in [0.717, 1.165) is 36.3 Å². The second-order valence-electron chi connectivity index (χ2n) is 7.26. The summed E-state index contributed by atoms with van der Waals surface area (Å²) in [6.07, 6.45) is 4.59. The highest BCUT2D eigenvalue weighted by Crippen LogP contribution is 2.32. The number of piperidine rings is 1. The number of carbonyl (C=O) groups is 2. The van der Waals surface area contributed by atoms with Crippen molar-refractivity contribution in [2.24, 2.45) is 0 Å². The van der Waals surface area contributed by atoms with Gasteiger partial charge in [-0.05, 0) is 55.9 Å². The summed E-state index contributed by atoms with van der Waals surface area (Å²) in [5, 5.41) is 2.76. The number of amides is 2. The maximum absolute atomic E-state index is 12.7. The van der Waals surface area contributed by atoms with Crippen LogP contribution in [0.15, 0.2) is 30.5 Å². The van der Waals surface area contributed by atoms with E-state index in [2.05, 4.69) is 11.9 Å². The molecule has 3 atom stereocenters. The van der Waals surface area contributed by atoms with Crippen molar-refractivity contribution in [2.45, 2.75) is 56.9 Å². The number of nitrogens with zero attached hydrogens (tertiary/aromatic N) is 1. The lowest BCUT2D eigenvalue weighted by Gasteiger charge is -2.30. The minimum absolute atomic E-state index is 0.0568. The standard InChI is InChI=1S/C20H24N2O4/c1-12-6-9-16(19(23)21-12)22-11-13-10-14(7-8-15(13)20(22)24)26-18-5-3-4-17(18)25-2/h7-8,10,16-18H,1,3-6,9,11H2,2H3,(H,21,23)/t16?,17-,18-/m0/s1.